The monoisotopic (exact) mass is 245 g/mol. The van der Waals surface area contributed by atoms with Crippen LogP contribution in [0.2, 0.25) is 0 Å². The van der Waals surface area contributed by atoms with Gasteiger partial charge in [0.25, 0.3) is 0 Å². The van der Waals surface area contributed by atoms with Crippen molar-refractivity contribution in [3.05, 3.63) is 48.0 Å². The van der Waals surface area contributed by atoms with E-state index in [4.69, 9.17) is 10.5 Å². The van der Waals surface area contributed by atoms with Crippen molar-refractivity contribution in [1.82, 2.24) is 9.55 Å². The van der Waals surface area contributed by atoms with E-state index >= 15 is 0 Å². The molecule has 0 spiro atoms. The highest BCUT2D eigenvalue weighted by Crippen LogP contribution is 2.18. The van der Waals surface area contributed by atoms with Crippen LogP contribution in [-0.2, 0) is 13.2 Å². The first-order valence-electron chi connectivity index (χ1n) is 6.19. The minimum Gasteiger partial charge on any atom is -0.486 e. The zero-order valence-electron chi connectivity index (χ0n) is 10.8. The van der Waals surface area contributed by atoms with Crippen molar-refractivity contribution < 1.29 is 4.74 Å². The summed E-state index contributed by atoms with van der Waals surface area (Å²) in [6.45, 7) is 5.42. The molecule has 0 saturated heterocycles. The Morgan fingerprint density at radius 1 is 1.44 bits per heavy atom. The summed E-state index contributed by atoms with van der Waals surface area (Å²) < 4.78 is 7.81. The highest BCUT2D eigenvalue weighted by atomic mass is 16.5. The molecule has 18 heavy (non-hydrogen) atoms. The summed E-state index contributed by atoms with van der Waals surface area (Å²) in [7, 11) is 0. The molecule has 2 N–H and O–H groups in total. The van der Waals surface area contributed by atoms with Crippen LogP contribution in [0.4, 0.5) is 0 Å². The standard InChI is InChI=1S/C14H19N3O/c1-3-17-8-7-16-14(17)10-18-13-6-4-5-12(9-13)11(2)15/h4-9,11H,3,10,15H2,1-2H3/t11-/m0/s1. The van der Waals surface area contributed by atoms with E-state index in [-0.39, 0.29) is 6.04 Å². The molecule has 0 aliphatic rings. The molecule has 0 aliphatic heterocycles. The Morgan fingerprint density at radius 3 is 3.00 bits per heavy atom. The Kier molecular flexibility index (Phi) is 3.99. The van der Waals surface area contributed by atoms with Crippen molar-refractivity contribution in [1.29, 1.82) is 0 Å². The second-order valence-corrected chi connectivity index (χ2v) is 4.28. The summed E-state index contributed by atoms with van der Waals surface area (Å²) in [6, 6.07) is 7.89. The number of nitrogens with zero attached hydrogens (tertiary/aromatic N) is 2. The van der Waals surface area contributed by atoms with E-state index in [1.54, 1.807) is 6.20 Å². The van der Waals surface area contributed by atoms with E-state index in [0.29, 0.717) is 6.61 Å². The van der Waals surface area contributed by atoms with Gasteiger partial charge >= 0.3 is 0 Å². The Morgan fingerprint density at radius 2 is 2.28 bits per heavy atom. The molecule has 2 aromatic rings. The van der Waals surface area contributed by atoms with Gasteiger partial charge in [-0.1, -0.05) is 12.1 Å². The van der Waals surface area contributed by atoms with Crippen LogP contribution in [-0.4, -0.2) is 9.55 Å². The van der Waals surface area contributed by atoms with E-state index in [9.17, 15) is 0 Å². The van der Waals surface area contributed by atoms with Crippen LogP contribution >= 0.6 is 0 Å². The third-order valence-corrected chi connectivity index (χ3v) is 2.89. The SMILES string of the molecule is CCn1ccnc1COc1cccc([C@H](C)N)c1. The van der Waals surface area contributed by atoms with E-state index in [1.165, 1.54) is 0 Å². The molecule has 0 unspecified atom stereocenters. The highest BCUT2D eigenvalue weighted by Gasteiger charge is 2.04. The van der Waals surface area contributed by atoms with Crippen LogP contribution in [0.25, 0.3) is 0 Å². The van der Waals surface area contributed by atoms with Gasteiger partial charge in [0.2, 0.25) is 0 Å². The maximum atomic E-state index is 5.85. The topological polar surface area (TPSA) is 53.1 Å². The van der Waals surface area contributed by atoms with Crippen molar-refractivity contribution >= 4 is 0 Å². The molecule has 1 atom stereocenters. The lowest BCUT2D eigenvalue weighted by Gasteiger charge is -2.10. The average molecular weight is 245 g/mol. The second-order valence-electron chi connectivity index (χ2n) is 4.28. The lowest BCUT2D eigenvalue weighted by Crippen LogP contribution is -2.07. The van der Waals surface area contributed by atoms with Gasteiger partial charge in [-0.25, -0.2) is 4.98 Å². The van der Waals surface area contributed by atoms with Crippen molar-refractivity contribution in [2.75, 3.05) is 0 Å². The van der Waals surface area contributed by atoms with Gasteiger partial charge in [0, 0.05) is 25.0 Å². The Bertz CT molecular complexity index is 505. The molecule has 96 valence electrons. The van der Waals surface area contributed by atoms with Gasteiger partial charge in [0.15, 0.2) is 0 Å². The van der Waals surface area contributed by atoms with Crippen molar-refractivity contribution in [3.63, 3.8) is 0 Å². The van der Waals surface area contributed by atoms with E-state index in [2.05, 4.69) is 16.5 Å². The molecule has 0 amide bonds. The average Bonchev–Trinajstić information content (AvgIpc) is 2.84. The Labute approximate surface area is 107 Å². The number of ether oxygens (including phenoxy) is 1. The molecule has 1 aromatic heterocycles. The fourth-order valence-corrected chi connectivity index (χ4v) is 1.80. The number of imidazole rings is 1. The summed E-state index contributed by atoms with van der Waals surface area (Å²) >= 11 is 0. The van der Waals surface area contributed by atoms with Gasteiger partial charge in [0.05, 0.1) is 0 Å². The fraction of sp³-hybridized carbons (Fsp3) is 0.357. The van der Waals surface area contributed by atoms with Crippen LogP contribution in [0.5, 0.6) is 5.75 Å². The Hall–Kier alpha value is -1.81. The third kappa shape index (κ3) is 2.90. The maximum absolute atomic E-state index is 5.85. The number of benzene rings is 1. The number of rotatable bonds is 5. The first kappa shape index (κ1) is 12.6. The molecule has 1 heterocycles. The zero-order valence-corrected chi connectivity index (χ0v) is 10.8. The molecule has 4 nitrogen and oxygen atoms in total. The van der Waals surface area contributed by atoms with E-state index in [1.807, 2.05) is 37.4 Å². The van der Waals surface area contributed by atoms with Crippen molar-refractivity contribution in [2.24, 2.45) is 5.73 Å². The van der Waals surface area contributed by atoms with Crippen LogP contribution in [0.3, 0.4) is 0 Å². The molecule has 0 aliphatic carbocycles. The summed E-state index contributed by atoms with van der Waals surface area (Å²) in [5, 5.41) is 0. The van der Waals surface area contributed by atoms with Gasteiger partial charge < -0.3 is 15.0 Å². The summed E-state index contributed by atoms with van der Waals surface area (Å²) in [4.78, 5) is 4.27. The van der Waals surface area contributed by atoms with Crippen LogP contribution in [0.1, 0.15) is 31.3 Å². The van der Waals surface area contributed by atoms with E-state index in [0.717, 1.165) is 23.7 Å². The third-order valence-electron chi connectivity index (χ3n) is 2.89. The predicted molar refractivity (Wildman–Crippen MR) is 71.3 cm³/mol. The first-order chi connectivity index (χ1) is 8.70. The normalized spacial score (nSPS) is 12.4. The quantitative estimate of drug-likeness (QED) is 0.880. The maximum Gasteiger partial charge on any atom is 0.146 e. The summed E-state index contributed by atoms with van der Waals surface area (Å²) in [5.74, 6) is 1.76. The van der Waals surface area contributed by atoms with Gasteiger partial charge in [-0.3, -0.25) is 0 Å². The molecular formula is C14H19N3O. The van der Waals surface area contributed by atoms with Crippen LogP contribution in [0, 0.1) is 0 Å². The first-order valence-corrected chi connectivity index (χ1v) is 6.19. The van der Waals surface area contributed by atoms with Crippen LogP contribution < -0.4 is 10.5 Å². The number of nitrogens with two attached hydrogens (primary N) is 1. The Balaban J connectivity index is 2.04. The van der Waals surface area contributed by atoms with Gasteiger partial charge in [-0.05, 0) is 31.5 Å². The zero-order chi connectivity index (χ0) is 13.0. The lowest BCUT2D eigenvalue weighted by atomic mass is 10.1. The number of aromatic nitrogens is 2. The van der Waals surface area contributed by atoms with Crippen LogP contribution in [0.15, 0.2) is 36.7 Å². The van der Waals surface area contributed by atoms with Gasteiger partial charge in [0.1, 0.15) is 18.2 Å². The number of hydrogen-bond donors (Lipinski definition) is 1. The van der Waals surface area contributed by atoms with Crippen molar-refractivity contribution in [2.45, 2.75) is 33.0 Å². The van der Waals surface area contributed by atoms with Gasteiger partial charge in [-0.15, -0.1) is 0 Å². The molecule has 0 bridgehead atoms. The molecule has 0 saturated carbocycles. The largest absolute Gasteiger partial charge is 0.486 e. The van der Waals surface area contributed by atoms with Gasteiger partial charge in [-0.2, -0.15) is 0 Å². The molecule has 4 heteroatoms. The summed E-state index contributed by atoms with van der Waals surface area (Å²) in [5.41, 5.74) is 6.92. The molecule has 2 rings (SSSR count). The van der Waals surface area contributed by atoms with Crippen molar-refractivity contribution in [3.8, 4) is 5.75 Å². The molecule has 0 radical (unpaired) electrons. The lowest BCUT2D eigenvalue weighted by molar-refractivity contribution is 0.289. The molecular weight excluding hydrogens is 226 g/mol. The predicted octanol–water partition coefficient (Wildman–Crippen LogP) is 2.50. The minimum atomic E-state index is 0.0196. The second kappa shape index (κ2) is 5.69. The smallest absolute Gasteiger partial charge is 0.146 e. The summed E-state index contributed by atoms with van der Waals surface area (Å²) in [6.07, 6.45) is 3.75. The van der Waals surface area contributed by atoms with E-state index < -0.39 is 0 Å². The minimum absolute atomic E-state index is 0.0196. The molecule has 1 aromatic carbocycles. The number of hydrogen-bond acceptors (Lipinski definition) is 3. The fourth-order valence-electron chi connectivity index (χ4n) is 1.80. The number of aryl methyl sites for hydroxylation is 1. The highest BCUT2D eigenvalue weighted by molar-refractivity contribution is 5.30. The molecule has 0 fully saturated rings.